The van der Waals surface area contributed by atoms with Crippen LogP contribution in [0.15, 0.2) is 4.63 Å². The normalized spacial score (nSPS) is 9.83. The molecule has 0 unspecified atom stereocenters. The first-order valence-electron chi connectivity index (χ1n) is 3.39. The van der Waals surface area contributed by atoms with Crippen LogP contribution in [0.5, 0.6) is 5.88 Å². The molecule has 12 heavy (non-hydrogen) atoms. The van der Waals surface area contributed by atoms with Gasteiger partial charge in [-0.3, -0.25) is 4.79 Å². The SMILES string of the molecule is COc1nonc1C(=O)CCN. The van der Waals surface area contributed by atoms with Gasteiger partial charge in [0, 0.05) is 6.42 Å². The van der Waals surface area contributed by atoms with Crippen molar-refractivity contribution >= 4 is 5.78 Å². The standard InChI is InChI=1S/C6H9N3O3/c1-11-6-5(8-12-9-6)4(10)2-3-7/h2-3,7H2,1H3. The highest BCUT2D eigenvalue weighted by atomic mass is 16.6. The average Bonchev–Trinajstić information content (AvgIpc) is 2.51. The number of rotatable bonds is 4. The molecular weight excluding hydrogens is 162 g/mol. The molecule has 0 radical (unpaired) electrons. The van der Waals surface area contributed by atoms with E-state index in [1.807, 2.05) is 0 Å². The number of hydrogen-bond donors (Lipinski definition) is 1. The lowest BCUT2D eigenvalue weighted by Crippen LogP contribution is -2.09. The second kappa shape index (κ2) is 3.82. The quantitative estimate of drug-likeness (QED) is 0.620. The molecule has 66 valence electrons. The number of hydrogen-bond acceptors (Lipinski definition) is 6. The van der Waals surface area contributed by atoms with Crippen molar-refractivity contribution in [3.05, 3.63) is 5.69 Å². The molecule has 0 bridgehead atoms. The van der Waals surface area contributed by atoms with Gasteiger partial charge in [0.05, 0.1) is 7.11 Å². The summed E-state index contributed by atoms with van der Waals surface area (Å²) in [7, 11) is 1.39. The summed E-state index contributed by atoms with van der Waals surface area (Å²) in [5, 5.41) is 6.76. The van der Waals surface area contributed by atoms with Gasteiger partial charge in [0.15, 0.2) is 5.78 Å². The van der Waals surface area contributed by atoms with Crippen LogP contribution in [-0.4, -0.2) is 29.8 Å². The molecule has 6 heteroatoms. The van der Waals surface area contributed by atoms with E-state index in [1.54, 1.807) is 0 Å². The number of Topliss-reactive ketones (excluding diaryl/α,β-unsaturated/α-hetero) is 1. The Bertz CT molecular complexity index is 271. The molecule has 0 aliphatic carbocycles. The number of methoxy groups -OCH3 is 1. The number of aromatic nitrogens is 2. The van der Waals surface area contributed by atoms with E-state index in [0.29, 0.717) is 0 Å². The minimum Gasteiger partial charge on any atom is -0.477 e. The van der Waals surface area contributed by atoms with E-state index >= 15 is 0 Å². The molecule has 1 aromatic rings. The summed E-state index contributed by atoms with van der Waals surface area (Å²) >= 11 is 0. The summed E-state index contributed by atoms with van der Waals surface area (Å²) in [6, 6.07) is 0. The van der Waals surface area contributed by atoms with Crippen molar-refractivity contribution in [1.29, 1.82) is 0 Å². The number of ether oxygens (including phenoxy) is 1. The Kier molecular flexibility index (Phi) is 2.76. The van der Waals surface area contributed by atoms with Gasteiger partial charge in [0.25, 0.3) is 5.88 Å². The summed E-state index contributed by atoms with van der Waals surface area (Å²) in [6.45, 7) is 0.273. The Morgan fingerprint density at radius 3 is 3.00 bits per heavy atom. The second-order valence-corrected chi connectivity index (χ2v) is 2.08. The molecule has 1 rings (SSSR count). The highest BCUT2D eigenvalue weighted by Gasteiger charge is 2.17. The van der Waals surface area contributed by atoms with Crippen molar-refractivity contribution < 1.29 is 14.2 Å². The van der Waals surface area contributed by atoms with Gasteiger partial charge in [-0.15, -0.1) is 0 Å². The van der Waals surface area contributed by atoms with E-state index in [1.165, 1.54) is 7.11 Å². The number of nitrogens with two attached hydrogens (primary N) is 1. The molecule has 1 heterocycles. The molecule has 0 saturated carbocycles. The predicted molar refractivity (Wildman–Crippen MR) is 38.9 cm³/mol. The lowest BCUT2D eigenvalue weighted by Gasteiger charge is -1.94. The maximum atomic E-state index is 11.2. The number of ketones is 1. The first-order valence-corrected chi connectivity index (χ1v) is 3.39. The van der Waals surface area contributed by atoms with Crippen LogP contribution >= 0.6 is 0 Å². The molecule has 0 aliphatic heterocycles. The number of carbonyl (C=O) groups excluding carboxylic acids is 1. The first kappa shape index (κ1) is 8.66. The summed E-state index contributed by atoms with van der Waals surface area (Å²) < 4.78 is 9.04. The summed E-state index contributed by atoms with van der Waals surface area (Å²) in [5.41, 5.74) is 5.29. The third kappa shape index (κ3) is 1.59. The zero-order valence-electron chi connectivity index (χ0n) is 6.61. The zero-order chi connectivity index (χ0) is 8.97. The molecule has 0 atom stereocenters. The number of carbonyl (C=O) groups is 1. The van der Waals surface area contributed by atoms with E-state index in [4.69, 9.17) is 10.5 Å². The average molecular weight is 171 g/mol. The zero-order valence-corrected chi connectivity index (χ0v) is 6.61. The fourth-order valence-corrected chi connectivity index (χ4v) is 0.734. The molecule has 6 nitrogen and oxygen atoms in total. The Labute approximate surface area is 68.6 Å². The van der Waals surface area contributed by atoms with Crippen LogP contribution in [0.2, 0.25) is 0 Å². The van der Waals surface area contributed by atoms with Crippen LogP contribution in [-0.2, 0) is 0 Å². The number of nitrogens with zero attached hydrogens (tertiary/aromatic N) is 2. The molecule has 2 N–H and O–H groups in total. The van der Waals surface area contributed by atoms with Gasteiger partial charge < -0.3 is 10.5 Å². The fourth-order valence-electron chi connectivity index (χ4n) is 0.734. The summed E-state index contributed by atoms with van der Waals surface area (Å²) in [6.07, 6.45) is 0.213. The van der Waals surface area contributed by atoms with Gasteiger partial charge in [-0.2, -0.15) is 0 Å². The lowest BCUT2D eigenvalue weighted by molar-refractivity contribution is 0.0974. The molecule has 0 saturated heterocycles. The largest absolute Gasteiger partial charge is 0.477 e. The third-order valence-electron chi connectivity index (χ3n) is 1.29. The van der Waals surface area contributed by atoms with Crippen molar-refractivity contribution in [2.75, 3.05) is 13.7 Å². The maximum absolute atomic E-state index is 11.2. The van der Waals surface area contributed by atoms with E-state index in [9.17, 15) is 4.79 Å². The molecule has 0 fully saturated rings. The molecule has 0 amide bonds. The van der Waals surface area contributed by atoms with Crippen molar-refractivity contribution in [2.45, 2.75) is 6.42 Å². The maximum Gasteiger partial charge on any atom is 0.286 e. The van der Waals surface area contributed by atoms with Gasteiger partial charge in [-0.25, -0.2) is 4.63 Å². The van der Waals surface area contributed by atoms with Gasteiger partial charge in [0.2, 0.25) is 5.69 Å². The molecular formula is C6H9N3O3. The van der Waals surface area contributed by atoms with Gasteiger partial charge in [-0.05, 0) is 16.9 Å². The van der Waals surface area contributed by atoms with Crippen molar-refractivity contribution in [2.24, 2.45) is 5.73 Å². The monoisotopic (exact) mass is 171 g/mol. The van der Waals surface area contributed by atoms with Crippen LogP contribution in [0.3, 0.4) is 0 Å². The Morgan fingerprint density at radius 2 is 2.42 bits per heavy atom. The van der Waals surface area contributed by atoms with E-state index in [2.05, 4.69) is 14.9 Å². The molecule has 0 aromatic carbocycles. The Balaban J connectivity index is 2.79. The minimum absolute atomic E-state index is 0.1000. The second-order valence-electron chi connectivity index (χ2n) is 2.08. The summed E-state index contributed by atoms with van der Waals surface area (Å²) in [4.78, 5) is 11.2. The summed E-state index contributed by atoms with van der Waals surface area (Å²) in [5.74, 6) is -0.121. The van der Waals surface area contributed by atoms with E-state index < -0.39 is 0 Å². The van der Waals surface area contributed by atoms with Gasteiger partial charge >= 0.3 is 0 Å². The van der Waals surface area contributed by atoms with Gasteiger partial charge in [-0.1, -0.05) is 0 Å². The van der Waals surface area contributed by atoms with Gasteiger partial charge in [0.1, 0.15) is 0 Å². The van der Waals surface area contributed by atoms with E-state index in [0.717, 1.165) is 0 Å². The molecule has 0 spiro atoms. The van der Waals surface area contributed by atoms with E-state index in [-0.39, 0.29) is 30.3 Å². The highest BCUT2D eigenvalue weighted by Crippen LogP contribution is 2.12. The van der Waals surface area contributed by atoms with Crippen molar-refractivity contribution in [3.63, 3.8) is 0 Å². The minimum atomic E-state index is -0.226. The van der Waals surface area contributed by atoms with Crippen molar-refractivity contribution in [1.82, 2.24) is 10.3 Å². The lowest BCUT2D eigenvalue weighted by atomic mass is 10.2. The highest BCUT2D eigenvalue weighted by molar-refractivity contribution is 5.96. The first-order chi connectivity index (χ1) is 5.79. The van der Waals surface area contributed by atoms with Crippen LogP contribution < -0.4 is 10.5 Å². The van der Waals surface area contributed by atoms with Crippen LogP contribution in [0.4, 0.5) is 0 Å². The Morgan fingerprint density at radius 1 is 1.67 bits per heavy atom. The van der Waals surface area contributed by atoms with Crippen molar-refractivity contribution in [3.8, 4) is 5.88 Å². The smallest absolute Gasteiger partial charge is 0.286 e. The van der Waals surface area contributed by atoms with Crippen LogP contribution in [0, 0.1) is 0 Å². The Hall–Kier alpha value is -1.43. The predicted octanol–water partition coefficient (Wildman–Crippen LogP) is -0.390. The molecule has 0 aliphatic rings. The molecule has 1 aromatic heterocycles. The third-order valence-corrected chi connectivity index (χ3v) is 1.29. The van der Waals surface area contributed by atoms with Crippen LogP contribution in [0.1, 0.15) is 16.9 Å². The fraction of sp³-hybridized carbons (Fsp3) is 0.500. The topological polar surface area (TPSA) is 91.2 Å². The van der Waals surface area contributed by atoms with Crippen LogP contribution in [0.25, 0.3) is 0 Å².